The lowest BCUT2D eigenvalue weighted by Crippen LogP contribution is -2.42. The van der Waals surface area contributed by atoms with Gasteiger partial charge in [0.2, 0.25) is 0 Å². The first-order valence-corrected chi connectivity index (χ1v) is 6.40. The molecule has 0 bridgehead atoms. The minimum absolute atomic E-state index is 0.0190. The molecule has 0 saturated carbocycles. The zero-order valence-electron chi connectivity index (χ0n) is 11.3. The predicted molar refractivity (Wildman–Crippen MR) is 72.8 cm³/mol. The van der Waals surface area contributed by atoms with E-state index in [0.29, 0.717) is 12.1 Å². The number of para-hydroxylation sites is 1. The molecular formula is C14H22N2O2. The fourth-order valence-corrected chi connectivity index (χ4v) is 1.98. The third kappa shape index (κ3) is 3.74. The van der Waals surface area contributed by atoms with Gasteiger partial charge >= 0.3 is 0 Å². The highest BCUT2D eigenvalue weighted by molar-refractivity contribution is 5.96. The van der Waals surface area contributed by atoms with E-state index in [9.17, 15) is 9.90 Å². The molecule has 1 atom stereocenters. The molecule has 0 radical (unpaired) electrons. The number of phenolic OH excluding ortho intramolecular Hbond substituents is 1. The number of carbonyl (C=O) groups is 1. The molecule has 1 aromatic carbocycles. The Balaban J connectivity index is 2.54. The molecule has 0 aliphatic carbocycles. The number of carbonyl (C=O) groups excluding carboxylic acids is 1. The first-order valence-electron chi connectivity index (χ1n) is 6.40. The monoisotopic (exact) mass is 250 g/mol. The summed E-state index contributed by atoms with van der Waals surface area (Å²) in [6.45, 7) is 8.79. The van der Waals surface area contributed by atoms with Crippen LogP contribution in [0.1, 0.15) is 31.1 Å². The highest BCUT2D eigenvalue weighted by Crippen LogP contribution is 2.14. The summed E-state index contributed by atoms with van der Waals surface area (Å²) in [5.41, 5.74) is 0.323. The molecule has 1 rings (SSSR count). The maximum Gasteiger partial charge on any atom is 0.255 e. The van der Waals surface area contributed by atoms with E-state index >= 15 is 0 Å². The second-order valence-electron chi connectivity index (χ2n) is 4.30. The third-order valence-corrected chi connectivity index (χ3v) is 3.14. The first-order chi connectivity index (χ1) is 8.60. The molecule has 0 aromatic heterocycles. The number of phenols is 1. The van der Waals surface area contributed by atoms with Crippen LogP contribution in [0.2, 0.25) is 0 Å². The zero-order valence-corrected chi connectivity index (χ0v) is 11.3. The van der Waals surface area contributed by atoms with Crippen molar-refractivity contribution in [2.24, 2.45) is 0 Å². The molecular weight excluding hydrogens is 228 g/mol. The Kier molecular flexibility index (Phi) is 5.65. The van der Waals surface area contributed by atoms with Crippen molar-refractivity contribution < 1.29 is 9.90 Å². The first kappa shape index (κ1) is 14.5. The topological polar surface area (TPSA) is 52.6 Å². The maximum atomic E-state index is 11.9. The van der Waals surface area contributed by atoms with Gasteiger partial charge in [0.15, 0.2) is 0 Å². The summed E-state index contributed by atoms with van der Waals surface area (Å²) in [5.74, 6) is -0.211. The van der Waals surface area contributed by atoms with Gasteiger partial charge in [-0.1, -0.05) is 26.0 Å². The molecule has 0 fully saturated rings. The molecule has 0 aliphatic heterocycles. The van der Waals surface area contributed by atoms with Crippen LogP contribution in [-0.4, -0.2) is 41.6 Å². The molecule has 1 unspecified atom stereocenters. The summed E-state index contributed by atoms with van der Waals surface area (Å²) in [4.78, 5) is 14.1. The molecule has 0 aliphatic rings. The molecule has 4 nitrogen and oxygen atoms in total. The van der Waals surface area contributed by atoms with E-state index in [1.54, 1.807) is 18.2 Å². The van der Waals surface area contributed by atoms with Crippen LogP contribution < -0.4 is 5.32 Å². The minimum atomic E-state index is -0.230. The van der Waals surface area contributed by atoms with Crippen molar-refractivity contribution in [3.05, 3.63) is 29.8 Å². The van der Waals surface area contributed by atoms with E-state index in [0.717, 1.165) is 13.1 Å². The number of hydrogen-bond donors (Lipinski definition) is 2. The second-order valence-corrected chi connectivity index (χ2v) is 4.30. The Bertz CT molecular complexity index is 389. The molecule has 1 aromatic rings. The van der Waals surface area contributed by atoms with Gasteiger partial charge in [0.1, 0.15) is 5.75 Å². The number of benzene rings is 1. The van der Waals surface area contributed by atoms with Crippen LogP contribution in [0.15, 0.2) is 24.3 Å². The van der Waals surface area contributed by atoms with Gasteiger partial charge in [-0.3, -0.25) is 9.69 Å². The van der Waals surface area contributed by atoms with Crippen LogP contribution in [0, 0.1) is 0 Å². The Morgan fingerprint density at radius 3 is 2.50 bits per heavy atom. The van der Waals surface area contributed by atoms with Gasteiger partial charge in [0.05, 0.1) is 5.56 Å². The van der Waals surface area contributed by atoms with E-state index in [-0.39, 0.29) is 17.7 Å². The number of nitrogens with zero attached hydrogens (tertiary/aromatic N) is 1. The van der Waals surface area contributed by atoms with Crippen molar-refractivity contribution in [2.45, 2.75) is 26.8 Å². The molecule has 0 spiro atoms. The summed E-state index contributed by atoms with van der Waals surface area (Å²) >= 11 is 0. The SMILES string of the molecule is CCN(CC)C(C)CNC(=O)c1ccccc1O. The average Bonchev–Trinajstić information content (AvgIpc) is 2.38. The Labute approximate surface area is 109 Å². The van der Waals surface area contributed by atoms with Gasteiger partial charge in [0.25, 0.3) is 5.91 Å². The van der Waals surface area contributed by atoms with Crippen molar-refractivity contribution in [1.29, 1.82) is 0 Å². The summed E-state index contributed by atoms with van der Waals surface area (Å²) in [5, 5.41) is 12.4. The van der Waals surface area contributed by atoms with Gasteiger partial charge in [0, 0.05) is 12.6 Å². The number of hydrogen-bond acceptors (Lipinski definition) is 3. The highest BCUT2D eigenvalue weighted by atomic mass is 16.3. The number of amides is 1. The standard InChI is InChI=1S/C14H22N2O2/c1-4-16(5-2)11(3)10-15-14(18)12-8-6-7-9-13(12)17/h6-9,11,17H,4-5,10H2,1-3H3,(H,15,18). The van der Waals surface area contributed by atoms with Gasteiger partial charge in [-0.15, -0.1) is 0 Å². The fraction of sp³-hybridized carbons (Fsp3) is 0.500. The summed E-state index contributed by atoms with van der Waals surface area (Å²) in [7, 11) is 0. The van der Waals surface area contributed by atoms with E-state index < -0.39 is 0 Å². The normalized spacial score (nSPS) is 12.4. The molecule has 2 N–H and O–H groups in total. The van der Waals surface area contributed by atoms with Crippen molar-refractivity contribution in [1.82, 2.24) is 10.2 Å². The summed E-state index contributed by atoms with van der Waals surface area (Å²) < 4.78 is 0. The molecule has 100 valence electrons. The lowest BCUT2D eigenvalue weighted by Gasteiger charge is -2.26. The molecule has 18 heavy (non-hydrogen) atoms. The number of rotatable bonds is 6. The minimum Gasteiger partial charge on any atom is -0.507 e. The van der Waals surface area contributed by atoms with Gasteiger partial charge in [-0.25, -0.2) is 0 Å². The van der Waals surface area contributed by atoms with Crippen molar-refractivity contribution in [3.8, 4) is 5.75 Å². The second kappa shape index (κ2) is 7.01. The van der Waals surface area contributed by atoms with Crippen LogP contribution in [-0.2, 0) is 0 Å². The van der Waals surface area contributed by atoms with Gasteiger partial charge < -0.3 is 10.4 Å². The lowest BCUT2D eigenvalue weighted by molar-refractivity contribution is 0.0935. The highest BCUT2D eigenvalue weighted by Gasteiger charge is 2.13. The number of aromatic hydroxyl groups is 1. The van der Waals surface area contributed by atoms with Gasteiger partial charge in [-0.05, 0) is 32.1 Å². The molecule has 4 heteroatoms. The zero-order chi connectivity index (χ0) is 13.5. The van der Waals surface area contributed by atoms with Crippen molar-refractivity contribution >= 4 is 5.91 Å². The van der Waals surface area contributed by atoms with Crippen LogP contribution in [0.25, 0.3) is 0 Å². The van der Waals surface area contributed by atoms with Crippen LogP contribution >= 0.6 is 0 Å². The largest absolute Gasteiger partial charge is 0.507 e. The number of likely N-dealkylation sites (N-methyl/N-ethyl adjacent to an activating group) is 1. The molecule has 0 heterocycles. The summed E-state index contributed by atoms with van der Waals surface area (Å²) in [6, 6.07) is 6.86. The van der Waals surface area contributed by atoms with Crippen molar-refractivity contribution in [2.75, 3.05) is 19.6 Å². The summed E-state index contributed by atoms with van der Waals surface area (Å²) in [6.07, 6.45) is 0. The van der Waals surface area contributed by atoms with E-state index in [1.165, 1.54) is 6.07 Å². The van der Waals surface area contributed by atoms with E-state index in [1.807, 2.05) is 0 Å². The Morgan fingerprint density at radius 2 is 1.94 bits per heavy atom. The average molecular weight is 250 g/mol. The van der Waals surface area contributed by atoms with Crippen LogP contribution in [0.3, 0.4) is 0 Å². The lowest BCUT2D eigenvalue weighted by atomic mass is 10.2. The maximum absolute atomic E-state index is 11.9. The van der Waals surface area contributed by atoms with Crippen LogP contribution in [0.4, 0.5) is 0 Å². The van der Waals surface area contributed by atoms with Gasteiger partial charge in [-0.2, -0.15) is 0 Å². The predicted octanol–water partition coefficient (Wildman–Crippen LogP) is 1.85. The smallest absolute Gasteiger partial charge is 0.255 e. The fourth-order valence-electron chi connectivity index (χ4n) is 1.98. The Morgan fingerprint density at radius 1 is 1.33 bits per heavy atom. The molecule has 0 saturated heterocycles. The van der Waals surface area contributed by atoms with E-state index in [4.69, 9.17) is 0 Å². The molecule has 1 amide bonds. The quantitative estimate of drug-likeness (QED) is 0.810. The van der Waals surface area contributed by atoms with E-state index in [2.05, 4.69) is 31.0 Å². The van der Waals surface area contributed by atoms with Crippen molar-refractivity contribution in [3.63, 3.8) is 0 Å². The Hall–Kier alpha value is -1.55. The third-order valence-electron chi connectivity index (χ3n) is 3.14. The number of nitrogens with one attached hydrogen (secondary N) is 1. The van der Waals surface area contributed by atoms with Crippen LogP contribution in [0.5, 0.6) is 5.75 Å².